The number of rotatable bonds is 7. The summed E-state index contributed by atoms with van der Waals surface area (Å²) < 4.78 is 0.914. The normalized spacial score (nSPS) is 15.2. The van der Waals surface area contributed by atoms with Crippen LogP contribution in [-0.2, 0) is 14.4 Å². The van der Waals surface area contributed by atoms with E-state index in [4.69, 9.17) is 23.2 Å². The smallest absolute Gasteiger partial charge is 0.304 e. The number of carbonyl (C=O) groups excluding carboxylic acids is 2. The Morgan fingerprint density at radius 2 is 1.87 bits per heavy atom. The lowest BCUT2D eigenvalue weighted by Crippen LogP contribution is -2.47. The van der Waals surface area contributed by atoms with Gasteiger partial charge in [-0.25, -0.2) is 0 Å². The first-order valence-electron chi connectivity index (χ1n) is 12.5. The van der Waals surface area contributed by atoms with Gasteiger partial charge in [-0.15, -0.1) is 11.3 Å². The minimum absolute atomic E-state index is 0.150. The van der Waals surface area contributed by atoms with Crippen molar-refractivity contribution in [1.82, 2.24) is 15.2 Å². The molecule has 2 N–H and O–H groups in total. The average molecular weight is 583 g/mol. The number of halogens is 2. The monoisotopic (exact) mass is 581 g/mol. The lowest BCUT2D eigenvalue weighted by Gasteiger charge is -2.32. The van der Waals surface area contributed by atoms with Crippen molar-refractivity contribution in [3.63, 3.8) is 0 Å². The van der Waals surface area contributed by atoms with Crippen molar-refractivity contribution in [2.24, 2.45) is 0 Å². The molecule has 1 atom stereocenters. The second-order valence-electron chi connectivity index (χ2n) is 9.49. The predicted molar refractivity (Wildman–Crippen MR) is 155 cm³/mol. The number of nitrogens with one attached hydrogen (secondary N) is 1. The number of pyridine rings is 1. The van der Waals surface area contributed by atoms with Crippen molar-refractivity contribution >= 4 is 79.4 Å². The fraction of sp³-hybridized carbons (Fsp3) is 0.241. The minimum atomic E-state index is -1.06. The van der Waals surface area contributed by atoms with Crippen LogP contribution in [0.2, 0.25) is 10.0 Å². The van der Waals surface area contributed by atoms with E-state index in [1.54, 1.807) is 17.2 Å². The van der Waals surface area contributed by atoms with Crippen LogP contribution in [0.25, 0.3) is 27.1 Å². The number of hydrogen-bond donors (Lipinski definition) is 2. The van der Waals surface area contributed by atoms with Crippen molar-refractivity contribution in [2.75, 3.05) is 13.1 Å². The van der Waals surface area contributed by atoms with Gasteiger partial charge in [-0.3, -0.25) is 19.4 Å². The van der Waals surface area contributed by atoms with Gasteiger partial charge in [-0.05, 0) is 65.1 Å². The number of hydrogen-bond acceptors (Lipinski definition) is 5. The highest BCUT2D eigenvalue weighted by atomic mass is 35.5. The molecule has 1 unspecified atom stereocenters. The zero-order valence-electron chi connectivity index (χ0n) is 20.8. The van der Waals surface area contributed by atoms with Crippen molar-refractivity contribution in [2.45, 2.75) is 31.2 Å². The Hall–Kier alpha value is -3.46. The molecule has 1 aliphatic heterocycles. The number of nitrogens with zero attached hydrogens (tertiary/aromatic N) is 2. The van der Waals surface area contributed by atoms with Crippen LogP contribution >= 0.6 is 34.5 Å². The van der Waals surface area contributed by atoms with Gasteiger partial charge in [0.15, 0.2) is 0 Å². The molecular formula is C29H25Cl2N3O4S. The van der Waals surface area contributed by atoms with Crippen LogP contribution in [0, 0.1) is 0 Å². The molecule has 200 valence electrons. The molecule has 2 aromatic heterocycles. The summed E-state index contributed by atoms with van der Waals surface area (Å²) in [7, 11) is 0. The molecule has 1 fully saturated rings. The molecule has 3 heterocycles. The summed E-state index contributed by atoms with van der Waals surface area (Å²) in [5.41, 5.74) is 2.01. The zero-order valence-corrected chi connectivity index (χ0v) is 23.1. The molecular weight excluding hydrogens is 557 g/mol. The van der Waals surface area contributed by atoms with Crippen LogP contribution in [-0.4, -0.2) is 51.9 Å². The van der Waals surface area contributed by atoms with Crippen molar-refractivity contribution in [1.29, 1.82) is 0 Å². The summed E-state index contributed by atoms with van der Waals surface area (Å²) in [5, 5.41) is 17.1. The maximum atomic E-state index is 13.2. The van der Waals surface area contributed by atoms with E-state index in [2.05, 4.69) is 10.3 Å². The first kappa shape index (κ1) is 27.1. The SMILES string of the molecule is O=C(O)CC(C(=O)NC1CCN(C(=O)/C=C/c2cc3ccsc3c(Cl)c2Cl)CC1)c1cnc2ccccc2c1. The second kappa shape index (κ2) is 11.7. The summed E-state index contributed by atoms with van der Waals surface area (Å²) >= 11 is 14.3. The number of thiophene rings is 1. The summed E-state index contributed by atoms with van der Waals surface area (Å²) in [6.07, 6.45) is 5.53. The number of aromatic nitrogens is 1. The predicted octanol–water partition coefficient (Wildman–Crippen LogP) is 6.14. The summed E-state index contributed by atoms with van der Waals surface area (Å²) in [5.74, 6) is -2.42. The van der Waals surface area contributed by atoms with E-state index in [0.717, 1.165) is 21.0 Å². The van der Waals surface area contributed by atoms with Gasteiger partial charge in [-0.1, -0.05) is 41.4 Å². The maximum absolute atomic E-state index is 13.2. The molecule has 0 aliphatic carbocycles. The van der Waals surface area contributed by atoms with Crippen LogP contribution in [0.3, 0.4) is 0 Å². The molecule has 0 radical (unpaired) electrons. The van der Waals surface area contributed by atoms with Crippen molar-refractivity contribution in [3.05, 3.63) is 81.3 Å². The summed E-state index contributed by atoms with van der Waals surface area (Å²) in [6, 6.07) is 13.0. The highest BCUT2D eigenvalue weighted by Gasteiger charge is 2.29. The van der Waals surface area contributed by atoms with E-state index in [1.807, 2.05) is 47.8 Å². The molecule has 7 nitrogen and oxygen atoms in total. The molecule has 1 saturated heterocycles. The topological polar surface area (TPSA) is 99.6 Å². The minimum Gasteiger partial charge on any atom is -0.481 e. The van der Waals surface area contributed by atoms with E-state index < -0.39 is 11.9 Å². The number of para-hydroxylation sites is 1. The first-order chi connectivity index (χ1) is 18.8. The zero-order chi connectivity index (χ0) is 27.5. The number of carboxylic acids is 1. The van der Waals surface area contributed by atoms with E-state index in [0.29, 0.717) is 47.1 Å². The van der Waals surface area contributed by atoms with Crippen LogP contribution in [0.1, 0.15) is 36.3 Å². The fourth-order valence-corrected chi connectivity index (χ4v) is 6.26. The fourth-order valence-electron chi connectivity index (χ4n) is 4.82. The Kier molecular flexibility index (Phi) is 8.16. The van der Waals surface area contributed by atoms with Crippen LogP contribution in [0.4, 0.5) is 0 Å². The molecule has 10 heteroatoms. The van der Waals surface area contributed by atoms with E-state index in [-0.39, 0.29) is 24.3 Å². The molecule has 1 aliphatic rings. The third-order valence-electron chi connectivity index (χ3n) is 6.92. The Bertz CT molecular complexity index is 1590. The first-order valence-corrected chi connectivity index (χ1v) is 14.1. The number of carboxylic acid groups (broad SMARTS) is 1. The number of aliphatic carboxylic acids is 1. The Morgan fingerprint density at radius 1 is 1.10 bits per heavy atom. The van der Waals surface area contributed by atoms with E-state index in [1.165, 1.54) is 17.4 Å². The van der Waals surface area contributed by atoms with Crippen LogP contribution < -0.4 is 5.32 Å². The highest BCUT2D eigenvalue weighted by molar-refractivity contribution is 7.18. The molecule has 39 heavy (non-hydrogen) atoms. The van der Waals surface area contributed by atoms with E-state index in [9.17, 15) is 19.5 Å². The van der Waals surface area contributed by atoms with Gasteiger partial charge >= 0.3 is 5.97 Å². The number of amides is 2. The van der Waals surface area contributed by atoms with Gasteiger partial charge in [0.2, 0.25) is 11.8 Å². The number of fused-ring (bicyclic) bond motifs is 2. The van der Waals surface area contributed by atoms with Crippen LogP contribution in [0.15, 0.2) is 60.1 Å². The quantitative estimate of drug-likeness (QED) is 0.255. The Morgan fingerprint density at radius 3 is 2.64 bits per heavy atom. The molecule has 2 amide bonds. The van der Waals surface area contributed by atoms with Crippen molar-refractivity contribution < 1.29 is 19.5 Å². The maximum Gasteiger partial charge on any atom is 0.304 e. The molecule has 0 spiro atoms. The van der Waals surface area contributed by atoms with Gasteiger partial charge < -0.3 is 15.3 Å². The number of carbonyl (C=O) groups is 3. The lowest BCUT2D eigenvalue weighted by atomic mass is 9.94. The number of likely N-dealkylation sites (tertiary alicyclic amines) is 1. The standard InChI is InChI=1S/C29H25Cl2N3O4S/c30-26-18(14-19-9-12-39-28(19)27(26)31)5-6-24(35)34-10-7-21(8-11-34)33-29(38)22(15-25(36)37)20-13-17-3-1-2-4-23(17)32-16-20/h1-6,9,12-14,16,21-22H,7-8,10-11,15H2,(H,33,38)(H,36,37)/b6-5+. The molecule has 0 bridgehead atoms. The molecule has 4 aromatic rings. The summed E-state index contributed by atoms with van der Waals surface area (Å²) in [4.78, 5) is 43.7. The van der Waals surface area contributed by atoms with Gasteiger partial charge in [-0.2, -0.15) is 0 Å². The Balaban J connectivity index is 1.20. The second-order valence-corrected chi connectivity index (χ2v) is 11.2. The molecule has 0 saturated carbocycles. The van der Waals surface area contributed by atoms with Crippen LogP contribution in [0.5, 0.6) is 0 Å². The van der Waals surface area contributed by atoms with Crippen molar-refractivity contribution in [3.8, 4) is 0 Å². The van der Waals surface area contributed by atoms with Gasteiger partial charge in [0.05, 0.1) is 32.6 Å². The third-order valence-corrected chi connectivity index (χ3v) is 8.86. The largest absolute Gasteiger partial charge is 0.481 e. The summed E-state index contributed by atoms with van der Waals surface area (Å²) in [6.45, 7) is 0.931. The van der Waals surface area contributed by atoms with Gasteiger partial charge in [0.1, 0.15) is 0 Å². The number of piperidine rings is 1. The third kappa shape index (κ3) is 6.08. The average Bonchev–Trinajstić information content (AvgIpc) is 3.41. The van der Waals surface area contributed by atoms with Gasteiger partial charge in [0, 0.05) is 36.8 Å². The number of benzene rings is 2. The molecule has 2 aromatic carbocycles. The lowest BCUT2D eigenvalue weighted by molar-refractivity contribution is -0.140. The van der Waals surface area contributed by atoms with Gasteiger partial charge in [0.25, 0.3) is 0 Å². The molecule has 5 rings (SSSR count). The highest BCUT2D eigenvalue weighted by Crippen LogP contribution is 2.37. The van der Waals surface area contributed by atoms with E-state index >= 15 is 0 Å². The Labute approximate surface area is 239 Å².